The van der Waals surface area contributed by atoms with E-state index in [-0.39, 0.29) is 12.0 Å². The highest BCUT2D eigenvalue weighted by Gasteiger charge is 2.30. The maximum absolute atomic E-state index is 9.66. The third-order valence-corrected chi connectivity index (χ3v) is 4.93. The maximum atomic E-state index is 9.66. The van der Waals surface area contributed by atoms with Crippen LogP contribution in [0.5, 0.6) is 0 Å². The van der Waals surface area contributed by atoms with Gasteiger partial charge in [0.2, 0.25) is 0 Å². The standard InChI is InChI=1S/C15H21BrClNO/c16-13-5-4-12(14(17)8-13)9-18-10-15(11-19)6-2-1-3-7-15/h4-5,8,18-19H,1-3,6-7,9-11H2. The van der Waals surface area contributed by atoms with Gasteiger partial charge in [0.25, 0.3) is 0 Å². The average Bonchev–Trinajstić information content (AvgIpc) is 2.42. The summed E-state index contributed by atoms with van der Waals surface area (Å²) in [4.78, 5) is 0. The highest BCUT2D eigenvalue weighted by atomic mass is 79.9. The fourth-order valence-electron chi connectivity index (χ4n) is 2.82. The van der Waals surface area contributed by atoms with Gasteiger partial charge in [-0.3, -0.25) is 0 Å². The predicted molar refractivity (Wildman–Crippen MR) is 83.5 cm³/mol. The van der Waals surface area contributed by atoms with Gasteiger partial charge < -0.3 is 10.4 Å². The molecular weight excluding hydrogens is 326 g/mol. The molecule has 106 valence electrons. The van der Waals surface area contributed by atoms with Crippen LogP contribution < -0.4 is 5.32 Å². The number of aliphatic hydroxyl groups excluding tert-OH is 1. The molecule has 0 aliphatic heterocycles. The van der Waals surface area contributed by atoms with E-state index in [2.05, 4.69) is 21.2 Å². The van der Waals surface area contributed by atoms with Crippen LogP contribution in [-0.2, 0) is 6.54 Å². The van der Waals surface area contributed by atoms with E-state index in [4.69, 9.17) is 11.6 Å². The van der Waals surface area contributed by atoms with Gasteiger partial charge in [0.05, 0.1) is 0 Å². The monoisotopic (exact) mass is 345 g/mol. The Kier molecular flexibility index (Phi) is 5.70. The molecule has 0 spiro atoms. The summed E-state index contributed by atoms with van der Waals surface area (Å²) in [7, 11) is 0. The van der Waals surface area contributed by atoms with E-state index in [1.807, 2.05) is 18.2 Å². The Morgan fingerprint density at radius 3 is 2.63 bits per heavy atom. The van der Waals surface area contributed by atoms with Crippen LogP contribution in [0.15, 0.2) is 22.7 Å². The van der Waals surface area contributed by atoms with Gasteiger partial charge in [-0.2, -0.15) is 0 Å². The van der Waals surface area contributed by atoms with Crippen LogP contribution in [0, 0.1) is 5.41 Å². The zero-order chi connectivity index (χ0) is 13.7. The Bertz CT molecular complexity index is 419. The molecular formula is C15H21BrClNO. The van der Waals surface area contributed by atoms with Crippen LogP contribution in [0.4, 0.5) is 0 Å². The van der Waals surface area contributed by atoms with Crippen LogP contribution in [-0.4, -0.2) is 18.3 Å². The summed E-state index contributed by atoms with van der Waals surface area (Å²) in [5, 5.41) is 13.9. The van der Waals surface area contributed by atoms with E-state index in [1.54, 1.807) is 0 Å². The molecule has 1 aliphatic carbocycles. The second-order valence-electron chi connectivity index (χ2n) is 5.56. The molecule has 0 amide bonds. The van der Waals surface area contributed by atoms with Crippen molar-refractivity contribution < 1.29 is 5.11 Å². The topological polar surface area (TPSA) is 32.3 Å². The molecule has 1 aromatic carbocycles. The molecule has 2 nitrogen and oxygen atoms in total. The lowest BCUT2D eigenvalue weighted by Gasteiger charge is -2.35. The molecule has 19 heavy (non-hydrogen) atoms. The minimum atomic E-state index is 0.0834. The van der Waals surface area contributed by atoms with E-state index in [1.165, 1.54) is 19.3 Å². The first-order valence-corrected chi connectivity index (χ1v) is 8.08. The first-order valence-electron chi connectivity index (χ1n) is 6.91. The van der Waals surface area contributed by atoms with Gasteiger partial charge in [-0.1, -0.05) is 52.9 Å². The molecule has 0 radical (unpaired) electrons. The number of aliphatic hydroxyl groups is 1. The Morgan fingerprint density at radius 1 is 1.26 bits per heavy atom. The third kappa shape index (κ3) is 4.19. The average molecular weight is 347 g/mol. The summed E-state index contributed by atoms with van der Waals surface area (Å²) >= 11 is 9.61. The van der Waals surface area contributed by atoms with Gasteiger partial charge in [0.1, 0.15) is 0 Å². The molecule has 0 aromatic heterocycles. The Hall–Kier alpha value is -0.0900. The molecule has 0 unspecified atom stereocenters. The quantitative estimate of drug-likeness (QED) is 0.840. The molecule has 1 saturated carbocycles. The number of hydrogen-bond acceptors (Lipinski definition) is 2. The van der Waals surface area contributed by atoms with Crippen LogP contribution in [0.2, 0.25) is 5.02 Å². The van der Waals surface area contributed by atoms with Crippen LogP contribution in [0.25, 0.3) is 0 Å². The van der Waals surface area contributed by atoms with Crippen molar-refractivity contribution >= 4 is 27.5 Å². The first-order chi connectivity index (χ1) is 9.15. The van der Waals surface area contributed by atoms with Crippen molar-refractivity contribution in [2.45, 2.75) is 38.6 Å². The summed E-state index contributed by atoms with van der Waals surface area (Å²) in [6.07, 6.45) is 6.04. The van der Waals surface area contributed by atoms with Crippen molar-refractivity contribution in [1.82, 2.24) is 5.32 Å². The van der Waals surface area contributed by atoms with E-state index < -0.39 is 0 Å². The van der Waals surface area contributed by atoms with Gasteiger partial charge in [-0.15, -0.1) is 0 Å². The number of hydrogen-bond donors (Lipinski definition) is 2. The van der Waals surface area contributed by atoms with Crippen LogP contribution >= 0.6 is 27.5 Å². The molecule has 0 heterocycles. The van der Waals surface area contributed by atoms with Gasteiger partial charge >= 0.3 is 0 Å². The molecule has 0 atom stereocenters. The summed E-state index contributed by atoms with van der Waals surface area (Å²) < 4.78 is 1.00. The zero-order valence-electron chi connectivity index (χ0n) is 11.1. The molecule has 1 aliphatic rings. The Morgan fingerprint density at radius 2 is 2.00 bits per heavy atom. The van der Waals surface area contributed by atoms with Gasteiger partial charge in [0, 0.05) is 34.6 Å². The minimum absolute atomic E-state index is 0.0834. The molecule has 0 bridgehead atoms. The lowest BCUT2D eigenvalue weighted by molar-refractivity contribution is 0.0810. The summed E-state index contributed by atoms with van der Waals surface area (Å²) in [6, 6.07) is 5.96. The number of benzene rings is 1. The third-order valence-electron chi connectivity index (χ3n) is 4.08. The van der Waals surface area contributed by atoms with E-state index in [0.717, 1.165) is 41.0 Å². The highest BCUT2D eigenvalue weighted by molar-refractivity contribution is 9.10. The van der Waals surface area contributed by atoms with Gasteiger partial charge in [-0.05, 0) is 30.5 Å². The molecule has 2 N–H and O–H groups in total. The maximum Gasteiger partial charge on any atom is 0.0499 e. The molecule has 1 aromatic rings. The van der Waals surface area contributed by atoms with Crippen LogP contribution in [0.3, 0.4) is 0 Å². The number of halogens is 2. The van der Waals surface area contributed by atoms with Crippen molar-refractivity contribution in [3.05, 3.63) is 33.3 Å². The van der Waals surface area contributed by atoms with Crippen molar-refractivity contribution in [1.29, 1.82) is 0 Å². The van der Waals surface area contributed by atoms with Crippen molar-refractivity contribution in [2.75, 3.05) is 13.2 Å². The SMILES string of the molecule is OCC1(CNCc2ccc(Br)cc2Cl)CCCCC1. The van der Waals surface area contributed by atoms with E-state index >= 15 is 0 Å². The van der Waals surface area contributed by atoms with Gasteiger partial charge in [0.15, 0.2) is 0 Å². The van der Waals surface area contributed by atoms with Crippen LogP contribution in [0.1, 0.15) is 37.7 Å². The fourth-order valence-corrected chi connectivity index (χ4v) is 3.56. The number of nitrogens with one attached hydrogen (secondary N) is 1. The largest absolute Gasteiger partial charge is 0.396 e. The van der Waals surface area contributed by atoms with E-state index in [9.17, 15) is 5.11 Å². The zero-order valence-corrected chi connectivity index (χ0v) is 13.4. The molecule has 0 saturated heterocycles. The smallest absolute Gasteiger partial charge is 0.0499 e. The molecule has 1 fully saturated rings. The van der Waals surface area contributed by atoms with Crippen molar-refractivity contribution in [3.8, 4) is 0 Å². The fraction of sp³-hybridized carbons (Fsp3) is 0.600. The normalized spacial score (nSPS) is 18.5. The number of rotatable bonds is 5. The molecule has 2 rings (SSSR count). The summed E-state index contributed by atoms with van der Waals surface area (Å²) in [5.74, 6) is 0. The van der Waals surface area contributed by atoms with Crippen molar-refractivity contribution in [3.63, 3.8) is 0 Å². The second kappa shape index (κ2) is 7.07. The minimum Gasteiger partial charge on any atom is -0.396 e. The predicted octanol–water partition coefficient (Wildman–Crippen LogP) is 4.13. The van der Waals surface area contributed by atoms with Gasteiger partial charge in [-0.25, -0.2) is 0 Å². The van der Waals surface area contributed by atoms with E-state index in [0.29, 0.717) is 0 Å². The highest BCUT2D eigenvalue weighted by Crippen LogP contribution is 2.35. The molecule has 4 heteroatoms. The summed E-state index contributed by atoms with van der Waals surface area (Å²) in [5.41, 5.74) is 1.19. The lowest BCUT2D eigenvalue weighted by Crippen LogP contribution is -2.38. The second-order valence-corrected chi connectivity index (χ2v) is 6.88. The lowest BCUT2D eigenvalue weighted by atomic mass is 9.74. The summed E-state index contributed by atoms with van der Waals surface area (Å²) in [6.45, 7) is 1.91. The Labute approximate surface area is 128 Å². The first kappa shape index (κ1) is 15.3. The Balaban J connectivity index is 1.88. The van der Waals surface area contributed by atoms with Crippen molar-refractivity contribution in [2.24, 2.45) is 5.41 Å².